The zero-order valence-electron chi connectivity index (χ0n) is 16.2. The molecule has 4 rings (SSSR count). The van der Waals surface area contributed by atoms with E-state index in [1.54, 1.807) is 11.8 Å². The van der Waals surface area contributed by atoms with E-state index in [1.807, 2.05) is 18.3 Å². The van der Waals surface area contributed by atoms with Crippen LogP contribution in [0.15, 0.2) is 47.5 Å². The normalized spacial score (nSPS) is 15.0. The Bertz CT molecular complexity index is 1060. The predicted octanol–water partition coefficient (Wildman–Crippen LogP) is 3.40. The van der Waals surface area contributed by atoms with E-state index < -0.39 is 0 Å². The van der Waals surface area contributed by atoms with Crippen molar-refractivity contribution < 1.29 is 4.79 Å². The van der Waals surface area contributed by atoms with E-state index in [1.165, 1.54) is 23.4 Å². The Balaban J connectivity index is 1.50. The fraction of sp³-hybridized carbons (Fsp3) is 0.318. The van der Waals surface area contributed by atoms with E-state index in [0.29, 0.717) is 19.0 Å². The van der Waals surface area contributed by atoms with Gasteiger partial charge in [-0.2, -0.15) is 5.10 Å². The summed E-state index contributed by atoms with van der Waals surface area (Å²) in [5.41, 5.74) is 5.42. The van der Waals surface area contributed by atoms with Gasteiger partial charge in [-0.25, -0.2) is 0 Å². The zero-order valence-corrected chi connectivity index (χ0v) is 16.2. The third-order valence-corrected chi connectivity index (χ3v) is 5.58. The van der Waals surface area contributed by atoms with E-state index in [0.717, 1.165) is 29.8 Å². The van der Waals surface area contributed by atoms with Gasteiger partial charge >= 0.3 is 0 Å². The number of pyridine rings is 1. The van der Waals surface area contributed by atoms with Crippen LogP contribution < -0.4 is 5.43 Å². The fourth-order valence-corrected chi connectivity index (χ4v) is 3.98. The van der Waals surface area contributed by atoms with Gasteiger partial charge in [-0.15, -0.1) is 0 Å². The second-order valence-electron chi connectivity index (χ2n) is 7.47. The first-order valence-electron chi connectivity index (χ1n) is 9.62. The minimum atomic E-state index is -0.223. The van der Waals surface area contributed by atoms with Gasteiger partial charge in [-0.3, -0.25) is 14.7 Å². The lowest BCUT2D eigenvalue weighted by Gasteiger charge is -2.32. The second-order valence-corrected chi connectivity index (χ2v) is 7.47. The summed E-state index contributed by atoms with van der Waals surface area (Å²) < 4.78 is 0. The van der Waals surface area contributed by atoms with Gasteiger partial charge in [0.1, 0.15) is 5.56 Å². The highest BCUT2D eigenvalue weighted by Crippen LogP contribution is 2.35. The second kappa shape index (κ2) is 7.46. The fourth-order valence-electron chi connectivity index (χ4n) is 3.98. The molecule has 1 amide bonds. The van der Waals surface area contributed by atoms with Crippen molar-refractivity contribution in [2.75, 3.05) is 13.1 Å². The van der Waals surface area contributed by atoms with Crippen molar-refractivity contribution in [2.24, 2.45) is 0 Å². The van der Waals surface area contributed by atoms with Crippen molar-refractivity contribution >= 4 is 5.91 Å². The highest BCUT2D eigenvalue weighted by Gasteiger charge is 2.28. The molecule has 6 nitrogen and oxygen atoms in total. The van der Waals surface area contributed by atoms with Crippen molar-refractivity contribution in [3.05, 3.63) is 75.5 Å². The Morgan fingerprint density at radius 2 is 1.89 bits per heavy atom. The lowest BCUT2D eigenvalue weighted by molar-refractivity contribution is 0.0710. The average Bonchev–Trinajstić information content (AvgIpc) is 3.17. The number of nitrogens with one attached hydrogen (secondary N) is 2. The summed E-state index contributed by atoms with van der Waals surface area (Å²) in [7, 11) is 0. The predicted molar refractivity (Wildman–Crippen MR) is 108 cm³/mol. The summed E-state index contributed by atoms with van der Waals surface area (Å²) in [6.07, 6.45) is 5.10. The molecule has 1 saturated heterocycles. The molecule has 144 valence electrons. The Hall–Kier alpha value is -3.15. The SMILES string of the molecule is Cc1cc(=O)c(C(=O)N2CCC(c3[nH]ncc3-c3ccccc3C)CC2)c[nH]1. The van der Waals surface area contributed by atoms with Gasteiger partial charge in [0.05, 0.1) is 6.20 Å². The molecule has 0 aliphatic carbocycles. The minimum absolute atomic E-state index is 0.191. The van der Waals surface area contributed by atoms with Gasteiger partial charge in [0, 0.05) is 48.2 Å². The van der Waals surface area contributed by atoms with Crippen LogP contribution in [0.25, 0.3) is 11.1 Å². The number of aryl methyl sites for hydroxylation is 2. The molecule has 1 aliphatic heterocycles. The smallest absolute Gasteiger partial charge is 0.259 e. The van der Waals surface area contributed by atoms with Crippen molar-refractivity contribution in [3.8, 4) is 11.1 Å². The standard InChI is InChI=1S/C22H24N4O2/c1-14-5-3-4-6-17(14)18-13-24-25-21(18)16-7-9-26(10-8-16)22(28)19-12-23-15(2)11-20(19)27/h3-6,11-13,16H,7-10H2,1-2H3,(H,23,27)(H,24,25). The minimum Gasteiger partial charge on any atom is -0.364 e. The van der Waals surface area contributed by atoms with E-state index in [4.69, 9.17) is 0 Å². The number of benzene rings is 1. The molecule has 0 spiro atoms. The first-order valence-corrected chi connectivity index (χ1v) is 9.62. The number of carbonyl (C=O) groups excluding carboxylic acids is 1. The van der Waals surface area contributed by atoms with Gasteiger partial charge < -0.3 is 9.88 Å². The Kier molecular flexibility index (Phi) is 4.86. The maximum Gasteiger partial charge on any atom is 0.259 e. The molecule has 6 heteroatoms. The molecule has 3 aromatic rings. The topological polar surface area (TPSA) is 81.8 Å². The molecule has 1 aromatic carbocycles. The third-order valence-electron chi connectivity index (χ3n) is 5.58. The molecule has 0 unspecified atom stereocenters. The van der Waals surface area contributed by atoms with Crippen LogP contribution in [0.5, 0.6) is 0 Å². The number of rotatable bonds is 3. The lowest BCUT2D eigenvalue weighted by Crippen LogP contribution is -2.40. The van der Waals surface area contributed by atoms with Crippen LogP contribution in [-0.2, 0) is 0 Å². The summed E-state index contributed by atoms with van der Waals surface area (Å²) in [6, 6.07) is 9.77. The molecule has 28 heavy (non-hydrogen) atoms. The van der Waals surface area contributed by atoms with Crippen LogP contribution >= 0.6 is 0 Å². The number of hydrogen-bond acceptors (Lipinski definition) is 3. The number of nitrogens with zero attached hydrogens (tertiary/aromatic N) is 2. The molecule has 0 atom stereocenters. The van der Waals surface area contributed by atoms with Gasteiger partial charge in [0.25, 0.3) is 5.91 Å². The van der Waals surface area contributed by atoms with Gasteiger partial charge in [-0.1, -0.05) is 24.3 Å². The van der Waals surface area contributed by atoms with E-state index in [9.17, 15) is 9.59 Å². The first kappa shape index (κ1) is 18.2. The summed E-state index contributed by atoms with van der Waals surface area (Å²) in [6.45, 7) is 5.16. The molecular weight excluding hydrogens is 352 g/mol. The molecule has 0 saturated carbocycles. The number of likely N-dealkylation sites (tertiary alicyclic amines) is 1. The van der Waals surface area contributed by atoms with E-state index >= 15 is 0 Å². The van der Waals surface area contributed by atoms with Gasteiger partial charge in [0.15, 0.2) is 5.43 Å². The summed E-state index contributed by atoms with van der Waals surface area (Å²) >= 11 is 0. The average molecular weight is 376 g/mol. The van der Waals surface area contributed by atoms with Crippen molar-refractivity contribution in [2.45, 2.75) is 32.6 Å². The Labute approximate surface area is 163 Å². The largest absolute Gasteiger partial charge is 0.364 e. The number of amides is 1. The summed E-state index contributed by atoms with van der Waals surface area (Å²) in [5, 5.41) is 7.47. The molecule has 0 radical (unpaired) electrons. The van der Waals surface area contributed by atoms with Crippen molar-refractivity contribution in [3.63, 3.8) is 0 Å². The van der Waals surface area contributed by atoms with E-state index in [2.05, 4.69) is 34.2 Å². The Morgan fingerprint density at radius 3 is 2.61 bits per heavy atom. The van der Waals surface area contributed by atoms with Crippen molar-refractivity contribution in [1.29, 1.82) is 0 Å². The van der Waals surface area contributed by atoms with Gasteiger partial charge in [0.2, 0.25) is 0 Å². The lowest BCUT2D eigenvalue weighted by atomic mass is 9.88. The first-order chi connectivity index (χ1) is 13.5. The number of H-pyrrole nitrogens is 2. The monoisotopic (exact) mass is 376 g/mol. The number of piperidine rings is 1. The molecule has 2 aromatic heterocycles. The van der Waals surface area contributed by atoms with Crippen LogP contribution in [0.4, 0.5) is 0 Å². The van der Waals surface area contributed by atoms with Gasteiger partial charge in [-0.05, 0) is 37.8 Å². The molecular formula is C22H24N4O2. The highest BCUT2D eigenvalue weighted by molar-refractivity contribution is 5.93. The molecule has 1 fully saturated rings. The van der Waals surface area contributed by atoms with E-state index in [-0.39, 0.29) is 16.9 Å². The van der Waals surface area contributed by atoms with Crippen LogP contribution in [0, 0.1) is 13.8 Å². The maximum atomic E-state index is 12.7. The summed E-state index contributed by atoms with van der Waals surface area (Å²) in [4.78, 5) is 29.6. The molecule has 2 N–H and O–H groups in total. The maximum absolute atomic E-state index is 12.7. The van der Waals surface area contributed by atoms with Crippen molar-refractivity contribution in [1.82, 2.24) is 20.1 Å². The van der Waals surface area contributed by atoms with Crippen LogP contribution in [-0.4, -0.2) is 39.1 Å². The number of hydrogen-bond donors (Lipinski definition) is 2. The quantitative estimate of drug-likeness (QED) is 0.735. The Morgan fingerprint density at radius 1 is 1.14 bits per heavy atom. The third kappa shape index (κ3) is 3.38. The highest BCUT2D eigenvalue weighted by atomic mass is 16.2. The number of aromatic nitrogens is 3. The van der Waals surface area contributed by atoms with Crippen LogP contribution in [0.2, 0.25) is 0 Å². The van der Waals surface area contributed by atoms with Crippen LogP contribution in [0.1, 0.15) is 46.1 Å². The zero-order chi connectivity index (χ0) is 19.7. The summed E-state index contributed by atoms with van der Waals surface area (Å²) in [5.74, 6) is 0.126. The van der Waals surface area contributed by atoms with Crippen LogP contribution in [0.3, 0.4) is 0 Å². The number of carbonyl (C=O) groups is 1. The molecule has 0 bridgehead atoms. The molecule has 1 aliphatic rings. The molecule has 3 heterocycles. The number of aromatic amines is 2.